The normalized spacial score (nSPS) is 18.6. The second-order valence-electron chi connectivity index (χ2n) is 7.63. The molecular weight excluding hydrogens is 377 g/mol. The second kappa shape index (κ2) is 8.26. The van der Waals surface area contributed by atoms with Gasteiger partial charge in [0, 0.05) is 31.0 Å². The number of carbonyl (C=O) groups excluding carboxylic acids is 2. The number of amides is 2. The van der Waals surface area contributed by atoms with Gasteiger partial charge in [0.1, 0.15) is 11.6 Å². The summed E-state index contributed by atoms with van der Waals surface area (Å²) in [4.78, 5) is 26.4. The predicted octanol–water partition coefficient (Wildman–Crippen LogP) is 2.69. The zero-order valence-corrected chi connectivity index (χ0v) is 16.0. The SMILES string of the molecule is CC(C)(C)OC(=O)N1CCN(CC(=O)Nc2cccc(N)c2)[C@H](C(F)(F)F)C1. The molecular formula is C18H25F3N4O3. The minimum atomic E-state index is -4.60. The molecule has 1 aliphatic rings. The molecule has 2 rings (SSSR count). The van der Waals surface area contributed by atoms with Crippen molar-refractivity contribution in [1.82, 2.24) is 9.80 Å². The number of anilines is 2. The Kier molecular flexibility index (Phi) is 6.43. The van der Waals surface area contributed by atoms with Gasteiger partial charge in [0.15, 0.2) is 0 Å². The summed E-state index contributed by atoms with van der Waals surface area (Å²) in [6.07, 6.45) is -5.40. The third kappa shape index (κ3) is 6.29. The number of nitrogens with two attached hydrogens (primary N) is 1. The molecule has 1 atom stereocenters. The summed E-state index contributed by atoms with van der Waals surface area (Å²) in [7, 11) is 0. The lowest BCUT2D eigenvalue weighted by Crippen LogP contribution is -2.61. The number of alkyl halides is 3. The van der Waals surface area contributed by atoms with Gasteiger partial charge in [-0.2, -0.15) is 13.2 Å². The van der Waals surface area contributed by atoms with Gasteiger partial charge in [0.25, 0.3) is 0 Å². The van der Waals surface area contributed by atoms with E-state index in [0.29, 0.717) is 11.4 Å². The first kappa shape index (κ1) is 21.8. The number of rotatable bonds is 3. The minimum absolute atomic E-state index is 0.0348. The van der Waals surface area contributed by atoms with Crippen LogP contribution in [0.5, 0.6) is 0 Å². The maximum atomic E-state index is 13.5. The van der Waals surface area contributed by atoms with Gasteiger partial charge < -0.3 is 20.7 Å². The van der Waals surface area contributed by atoms with E-state index in [2.05, 4.69) is 5.32 Å². The molecule has 0 spiro atoms. The van der Waals surface area contributed by atoms with E-state index in [1.807, 2.05) is 0 Å². The largest absolute Gasteiger partial charge is 0.444 e. The van der Waals surface area contributed by atoms with Gasteiger partial charge in [0.05, 0.1) is 6.54 Å². The second-order valence-corrected chi connectivity index (χ2v) is 7.63. The number of ether oxygens (including phenoxy) is 1. The smallest absolute Gasteiger partial charge is 0.410 e. The standard InChI is InChI=1S/C18H25F3N4O3/c1-17(2,3)28-16(27)25-8-7-24(14(10-25)18(19,20)21)11-15(26)23-13-6-4-5-12(22)9-13/h4-6,9,14H,7-8,10-11,22H2,1-3H3,(H,23,26)/t14-/m0/s1. The fourth-order valence-corrected chi connectivity index (χ4v) is 2.81. The molecule has 1 aliphatic heterocycles. The Hall–Kier alpha value is -2.49. The first-order valence-electron chi connectivity index (χ1n) is 8.79. The van der Waals surface area contributed by atoms with Crippen molar-refractivity contribution in [3.8, 4) is 0 Å². The van der Waals surface area contributed by atoms with Gasteiger partial charge in [-0.1, -0.05) is 6.07 Å². The highest BCUT2D eigenvalue weighted by Gasteiger charge is 2.48. The first-order valence-corrected chi connectivity index (χ1v) is 8.79. The molecule has 0 radical (unpaired) electrons. The highest BCUT2D eigenvalue weighted by molar-refractivity contribution is 5.92. The van der Waals surface area contributed by atoms with Crippen LogP contribution in [-0.4, -0.2) is 65.8 Å². The topological polar surface area (TPSA) is 87.9 Å². The van der Waals surface area contributed by atoms with E-state index >= 15 is 0 Å². The molecule has 1 saturated heterocycles. The highest BCUT2D eigenvalue weighted by atomic mass is 19.4. The average molecular weight is 402 g/mol. The van der Waals surface area contributed by atoms with Crippen LogP contribution in [0, 0.1) is 0 Å². The Bertz CT molecular complexity index is 719. The number of hydrogen-bond acceptors (Lipinski definition) is 5. The van der Waals surface area contributed by atoms with Crippen molar-refractivity contribution in [1.29, 1.82) is 0 Å². The zero-order chi connectivity index (χ0) is 21.1. The quantitative estimate of drug-likeness (QED) is 0.759. The van der Waals surface area contributed by atoms with Gasteiger partial charge in [-0.15, -0.1) is 0 Å². The van der Waals surface area contributed by atoms with E-state index in [0.717, 1.165) is 9.80 Å². The summed E-state index contributed by atoms with van der Waals surface area (Å²) < 4.78 is 45.7. The Morgan fingerprint density at radius 3 is 2.50 bits per heavy atom. The fourth-order valence-electron chi connectivity index (χ4n) is 2.81. The molecule has 156 valence electrons. The lowest BCUT2D eigenvalue weighted by Gasteiger charge is -2.41. The Balaban J connectivity index is 2.03. The molecule has 3 N–H and O–H groups in total. The van der Waals surface area contributed by atoms with E-state index in [1.165, 1.54) is 6.07 Å². The number of hydrogen-bond donors (Lipinski definition) is 2. The average Bonchev–Trinajstić information content (AvgIpc) is 2.52. The van der Waals surface area contributed by atoms with Crippen LogP contribution in [0.15, 0.2) is 24.3 Å². The van der Waals surface area contributed by atoms with Crippen molar-refractivity contribution in [3.63, 3.8) is 0 Å². The fraction of sp³-hybridized carbons (Fsp3) is 0.556. The summed E-state index contributed by atoms with van der Waals surface area (Å²) in [5, 5.41) is 2.53. The lowest BCUT2D eigenvalue weighted by atomic mass is 10.1. The van der Waals surface area contributed by atoms with Crippen molar-refractivity contribution < 1.29 is 27.5 Å². The molecule has 1 fully saturated rings. The van der Waals surface area contributed by atoms with Crippen molar-refractivity contribution in [2.45, 2.75) is 38.6 Å². The molecule has 0 unspecified atom stereocenters. The van der Waals surface area contributed by atoms with Gasteiger partial charge >= 0.3 is 12.3 Å². The highest BCUT2D eigenvalue weighted by Crippen LogP contribution is 2.28. The van der Waals surface area contributed by atoms with Gasteiger partial charge in [0.2, 0.25) is 5.91 Å². The number of nitrogens with one attached hydrogen (secondary N) is 1. The van der Waals surface area contributed by atoms with Crippen molar-refractivity contribution in [2.75, 3.05) is 37.2 Å². The molecule has 2 amide bonds. The summed E-state index contributed by atoms with van der Waals surface area (Å²) >= 11 is 0. The third-order valence-corrected chi connectivity index (χ3v) is 4.04. The molecule has 0 aromatic heterocycles. The number of piperazine rings is 1. The Labute approximate surface area is 161 Å². The molecule has 1 aromatic carbocycles. The summed E-state index contributed by atoms with van der Waals surface area (Å²) in [6, 6.07) is 4.41. The molecule has 7 nitrogen and oxygen atoms in total. The van der Waals surface area contributed by atoms with Crippen LogP contribution < -0.4 is 11.1 Å². The molecule has 28 heavy (non-hydrogen) atoms. The van der Waals surface area contributed by atoms with Gasteiger partial charge in [-0.3, -0.25) is 9.69 Å². The number of halogens is 3. The third-order valence-electron chi connectivity index (χ3n) is 4.04. The number of benzene rings is 1. The molecule has 0 saturated carbocycles. The summed E-state index contributed by atoms with van der Waals surface area (Å²) in [5.74, 6) is -0.592. The van der Waals surface area contributed by atoms with E-state index < -0.39 is 42.9 Å². The maximum Gasteiger partial charge on any atom is 0.410 e. The lowest BCUT2D eigenvalue weighted by molar-refractivity contribution is -0.195. The van der Waals surface area contributed by atoms with Crippen LogP contribution in [0.3, 0.4) is 0 Å². The Morgan fingerprint density at radius 1 is 1.25 bits per heavy atom. The monoisotopic (exact) mass is 402 g/mol. The molecule has 1 aromatic rings. The molecule has 1 heterocycles. The molecule has 0 aliphatic carbocycles. The van der Waals surface area contributed by atoms with Crippen molar-refractivity contribution >= 4 is 23.4 Å². The number of nitrogens with zero attached hydrogens (tertiary/aromatic N) is 2. The van der Waals surface area contributed by atoms with Crippen molar-refractivity contribution in [2.24, 2.45) is 0 Å². The predicted molar refractivity (Wildman–Crippen MR) is 98.7 cm³/mol. The summed E-state index contributed by atoms with van der Waals surface area (Å²) in [5.41, 5.74) is 5.65. The van der Waals surface area contributed by atoms with Gasteiger partial charge in [-0.25, -0.2) is 4.79 Å². The van der Waals surface area contributed by atoms with E-state index in [4.69, 9.17) is 10.5 Å². The van der Waals surface area contributed by atoms with Crippen LogP contribution in [0.25, 0.3) is 0 Å². The van der Waals surface area contributed by atoms with Crippen LogP contribution in [0.4, 0.5) is 29.3 Å². The minimum Gasteiger partial charge on any atom is -0.444 e. The van der Waals surface area contributed by atoms with Gasteiger partial charge in [-0.05, 0) is 39.0 Å². The van der Waals surface area contributed by atoms with E-state index in [-0.39, 0.29) is 13.1 Å². The van der Waals surface area contributed by atoms with E-state index in [1.54, 1.807) is 39.0 Å². The van der Waals surface area contributed by atoms with Crippen molar-refractivity contribution in [3.05, 3.63) is 24.3 Å². The van der Waals surface area contributed by atoms with E-state index in [9.17, 15) is 22.8 Å². The van der Waals surface area contributed by atoms with Crippen LogP contribution in [0.2, 0.25) is 0 Å². The van der Waals surface area contributed by atoms with Crippen LogP contribution in [0.1, 0.15) is 20.8 Å². The number of carbonyl (C=O) groups is 2. The molecule has 0 bridgehead atoms. The summed E-state index contributed by atoms with van der Waals surface area (Å²) in [6.45, 7) is 3.81. The number of nitrogen functional groups attached to an aromatic ring is 1. The zero-order valence-electron chi connectivity index (χ0n) is 16.0. The van der Waals surface area contributed by atoms with Crippen LogP contribution >= 0.6 is 0 Å². The maximum absolute atomic E-state index is 13.5. The Morgan fingerprint density at radius 2 is 1.93 bits per heavy atom. The first-order chi connectivity index (χ1) is 12.8. The molecule has 10 heteroatoms. The van der Waals surface area contributed by atoms with Crippen LogP contribution in [-0.2, 0) is 9.53 Å².